The van der Waals surface area contributed by atoms with Crippen LogP contribution in [0.4, 0.5) is 16.6 Å². The number of sulfonamides is 1. The van der Waals surface area contributed by atoms with Gasteiger partial charge in [0.1, 0.15) is 17.2 Å². The van der Waals surface area contributed by atoms with Crippen LogP contribution in [0, 0.1) is 13.8 Å². The van der Waals surface area contributed by atoms with Crippen molar-refractivity contribution in [3.05, 3.63) is 59.4 Å². The largest absolute Gasteiger partial charge is 0.460 e. The highest BCUT2D eigenvalue weighted by Crippen LogP contribution is 2.28. The fourth-order valence-electron chi connectivity index (χ4n) is 2.47. The lowest BCUT2D eigenvalue weighted by Gasteiger charge is -2.07. The Hall–Kier alpha value is -3.11. The molecule has 0 aliphatic carbocycles. The maximum atomic E-state index is 12.4. The van der Waals surface area contributed by atoms with Gasteiger partial charge in [0.05, 0.1) is 4.90 Å². The van der Waals surface area contributed by atoms with Crippen LogP contribution < -0.4 is 10.0 Å². The highest BCUT2D eigenvalue weighted by molar-refractivity contribution is 7.92. The molecule has 0 aliphatic rings. The minimum atomic E-state index is -3.74. The zero-order valence-electron chi connectivity index (χ0n) is 15.0. The minimum absolute atomic E-state index is 0.115. The highest BCUT2D eigenvalue weighted by Gasteiger charge is 2.16. The molecule has 3 heterocycles. The summed E-state index contributed by atoms with van der Waals surface area (Å²) in [6, 6.07) is 11.6. The zero-order chi connectivity index (χ0) is 19.7. The third-order valence-corrected chi connectivity index (χ3v) is 5.91. The van der Waals surface area contributed by atoms with E-state index in [1.807, 2.05) is 24.4 Å². The average molecular weight is 416 g/mol. The third-order valence-electron chi connectivity index (χ3n) is 3.78. The van der Waals surface area contributed by atoms with E-state index in [-0.39, 0.29) is 10.7 Å². The second-order valence-corrected chi connectivity index (χ2v) is 8.57. The molecule has 4 rings (SSSR count). The van der Waals surface area contributed by atoms with E-state index in [4.69, 9.17) is 8.94 Å². The number of anilines is 3. The van der Waals surface area contributed by atoms with Gasteiger partial charge in [-0.25, -0.2) is 13.4 Å². The number of aryl methyl sites for hydroxylation is 2. The smallest absolute Gasteiger partial charge is 0.263 e. The van der Waals surface area contributed by atoms with Crippen LogP contribution in [0.25, 0.3) is 11.5 Å². The first kappa shape index (κ1) is 18.3. The van der Waals surface area contributed by atoms with Gasteiger partial charge in [0.15, 0.2) is 16.7 Å². The first-order valence-corrected chi connectivity index (χ1v) is 10.6. The molecule has 2 N–H and O–H groups in total. The van der Waals surface area contributed by atoms with Crippen molar-refractivity contribution < 1.29 is 17.4 Å². The molecule has 28 heavy (non-hydrogen) atoms. The van der Waals surface area contributed by atoms with Crippen LogP contribution in [-0.4, -0.2) is 18.6 Å². The fourth-order valence-corrected chi connectivity index (χ4v) is 4.17. The molecule has 0 amide bonds. The Morgan fingerprint density at radius 2 is 1.82 bits per heavy atom. The summed E-state index contributed by atoms with van der Waals surface area (Å²) in [5.74, 6) is 2.19. The van der Waals surface area contributed by atoms with Crippen LogP contribution >= 0.6 is 11.3 Å². The molecule has 3 aromatic heterocycles. The van der Waals surface area contributed by atoms with Gasteiger partial charge in [0.2, 0.25) is 0 Å². The van der Waals surface area contributed by atoms with Gasteiger partial charge in [0, 0.05) is 17.1 Å². The van der Waals surface area contributed by atoms with Crippen molar-refractivity contribution in [1.29, 1.82) is 0 Å². The van der Waals surface area contributed by atoms with Crippen LogP contribution in [0.2, 0.25) is 0 Å². The molecule has 0 unspecified atom stereocenters. The number of hydrogen-bond donors (Lipinski definition) is 2. The predicted octanol–water partition coefficient (Wildman–Crippen LogP) is 4.55. The Morgan fingerprint density at radius 3 is 2.46 bits per heavy atom. The summed E-state index contributed by atoms with van der Waals surface area (Å²) >= 11 is 1.43. The van der Waals surface area contributed by atoms with Crippen LogP contribution in [-0.2, 0) is 10.0 Å². The molecule has 144 valence electrons. The highest BCUT2D eigenvalue weighted by atomic mass is 32.2. The molecule has 10 heteroatoms. The van der Waals surface area contributed by atoms with Crippen molar-refractivity contribution in [3.8, 4) is 11.5 Å². The van der Waals surface area contributed by atoms with Gasteiger partial charge >= 0.3 is 0 Å². The number of aromatic nitrogens is 2. The van der Waals surface area contributed by atoms with Crippen LogP contribution in [0.15, 0.2) is 61.7 Å². The number of rotatable bonds is 6. The van der Waals surface area contributed by atoms with Crippen molar-refractivity contribution in [2.45, 2.75) is 18.7 Å². The van der Waals surface area contributed by atoms with Crippen LogP contribution in [0.3, 0.4) is 0 Å². The van der Waals surface area contributed by atoms with E-state index >= 15 is 0 Å². The predicted molar refractivity (Wildman–Crippen MR) is 106 cm³/mol. The summed E-state index contributed by atoms with van der Waals surface area (Å²) in [5, 5.41) is 9.36. The molecular weight excluding hydrogens is 400 g/mol. The van der Waals surface area contributed by atoms with Gasteiger partial charge in [-0.2, -0.15) is 0 Å². The molecule has 0 fully saturated rings. The number of furan rings is 1. The Kier molecular flexibility index (Phi) is 4.65. The molecule has 0 radical (unpaired) electrons. The number of hydrogen-bond acceptors (Lipinski definition) is 8. The monoisotopic (exact) mass is 416 g/mol. The summed E-state index contributed by atoms with van der Waals surface area (Å²) in [4.78, 5) is 4.60. The van der Waals surface area contributed by atoms with E-state index < -0.39 is 10.0 Å². The number of thiazole rings is 1. The average Bonchev–Trinajstić information content (AvgIpc) is 3.37. The Balaban J connectivity index is 1.47. The summed E-state index contributed by atoms with van der Waals surface area (Å²) in [6.45, 7) is 3.56. The first-order chi connectivity index (χ1) is 13.4. The number of nitrogens with one attached hydrogen (secondary N) is 2. The van der Waals surface area contributed by atoms with E-state index in [9.17, 15) is 8.42 Å². The lowest BCUT2D eigenvalue weighted by Crippen LogP contribution is -2.13. The molecule has 0 saturated carbocycles. The maximum absolute atomic E-state index is 12.4. The minimum Gasteiger partial charge on any atom is -0.460 e. The van der Waals surface area contributed by atoms with Crippen molar-refractivity contribution in [3.63, 3.8) is 0 Å². The third kappa shape index (κ3) is 3.92. The molecule has 0 spiro atoms. The van der Waals surface area contributed by atoms with Gasteiger partial charge in [-0.1, -0.05) is 5.16 Å². The summed E-state index contributed by atoms with van der Waals surface area (Å²) in [6.07, 6.45) is 0. The fraction of sp³-hybridized carbons (Fsp3) is 0.111. The van der Waals surface area contributed by atoms with Crippen molar-refractivity contribution >= 4 is 38.0 Å². The maximum Gasteiger partial charge on any atom is 0.263 e. The van der Waals surface area contributed by atoms with E-state index in [1.165, 1.54) is 29.5 Å². The van der Waals surface area contributed by atoms with Gasteiger partial charge in [0.25, 0.3) is 10.0 Å². The lowest BCUT2D eigenvalue weighted by molar-refractivity contribution is 0.400. The van der Waals surface area contributed by atoms with Crippen molar-refractivity contribution in [1.82, 2.24) is 10.1 Å². The summed E-state index contributed by atoms with van der Waals surface area (Å²) in [7, 11) is -3.74. The Morgan fingerprint density at radius 1 is 1.04 bits per heavy atom. The molecule has 8 nitrogen and oxygen atoms in total. The van der Waals surface area contributed by atoms with Gasteiger partial charge in [-0.3, -0.25) is 4.72 Å². The molecule has 0 aliphatic heterocycles. The summed E-state index contributed by atoms with van der Waals surface area (Å²) in [5.41, 5.74) is 1.46. The molecular formula is C18H16N4O4S2. The first-order valence-electron chi connectivity index (χ1n) is 8.25. The molecule has 1 aromatic carbocycles. The second kappa shape index (κ2) is 7.13. The molecule has 0 atom stereocenters. The van der Waals surface area contributed by atoms with E-state index in [0.717, 1.165) is 11.5 Å². The SMILES string of the molecule is Cc1cc(NS(=O)(=O)c2ccc(Nc3nc(-c4ccc(C)o4)cs3)cc2)no1. The van der Waals surface area contributed by atoms with Crippen molar-refractivity contribution in [2.24, 2.45) is 0 Å². The Bertz CT molecular complexity index is 1210. The normalized spacial score (nSPS) is 11.5. The van der Waals surface area contributed by atoms with E-state index in [2.05, 4.69) is 20.2 Å². The second-order valence-electron chi connectivity index (χ2n) is 6.03. The van der Waals surface area contributed by atoms with Gasteiger partial charge in [-0.15, -0.1) is 11.3 Å². The number of benzene rings is 1. The van der Waals surface area contributed by atoms with Gasteiger partial charge in [-0.05, 0) is 50.2 Å². The van der Waals surface area contributed by atoms with Crippen LogP contribution in [0.1, 0.15) is 11.5 Å². The topological polar surface area (TPSA) is 110 Å². The molecule has 4 aromatic rings. The molecule has 0 bridgehead atoms. The summed E-state index contributed by atoms with van der Waals surface area (Å²) < 4.78 is 37.6. The van der Waals surface area contributed by atoms with E-state index in [0.29, 0.717) is 22.3 Å². The quantitative estimate of drug-likeness (QED) is 0.474. The van der Waals surface area contributed by atoms with Gasteiger partial charge < -0.3 is 14.3 Å². The Labute approximate surface area is 165 Å². The van der Waals surface area contributed by atoms with Crippen LogP contribution in [0.5, 0.6) is 0 Å². The van der Waals surface area contributed by atoms with E-state index in [1.54, 1.807) is 19.1 Å². The molecule has 0 saturated heterocycles. The number of nitrogens with zero attached hydrogens (tertiary/aromatic N) is 2. The standard InChI is InChI=1S/C18H16N4O4S2/c1-11-3-8-16(25-11)15-10-27-18(20-15)19-13-4-6-14(7-5-13)28(23,24)22-17-9-12(2)26-21-17/h3-10H,1-2H3,(H,19,20)(H,21,22). The van der Waals surface area contributed by atoms with Crippen molar-refractivity contribution in [2.75, 3.05) is 10.0 Å². The lowest BCUT2D eigenvalue weighted by atomic mass is 10.3. The zero-order valence-corrected chi connectivity index (χ0v) is 16.6.